The second kappa shape index (κ2) is 14.9. The van der Waals surface area contributed by atoms with Gasteiger partial charge in [-0.1, -0.05) is 6.08 Å². The van der Waals surface area contributed by atoms with Crippen molar-refractivity contribution in [3.05, 3.63) is 12.2 Å². The Morgan fingerprint density at radius 2 is 1.49 bits per heavy atom. The Morgan fingerprint density at radius 1 is 0.884 bits per heavy atom. The minimum atomic E-state index is -5.12. The van der Waals surface area contributed by atoms with Crippen LogP contribution in [0.15, 0.2) is 12.2 Å². The Bertz CT molecular complexity index is 1040. The summed E-state index contributed by atoms with van der Waals surface area (Å²) in [4.78, 5) is 65.1. The number of nitrogens with zero attached hydrogens (tertiary/aromatic N) is 2. The van der Waals surface area contributed by atoms with Crippen LogP contribution in [0.25, 0.3) is 0 Å². The SMILES string of the molecule is CC(C)(C)OC(=O)C[C@@H](CNC(=O)C(F)(F)F)NC(=O)[C@@H]1CCCN(C(=O)/C=C/C2CCN(C(=O)OC(C)(C)C)CC2)C1. The van der Waals surface area contributed by atoms with Crippen molar-refractivity contribution in [1.82, 2.24) is 20.4 Å². The van der Waals surface area contributed by atoms with E-state index >= 15 is 0 Å². The van der Waals surface area contributed by atoms with Gasteiger partial charge < -0.3 is 29.9 Å². The molecule has 2 rings (SSSR count). The van der Waals surface area contributed by atoms with Gasteiger partial charge in [-0.05, 0) is 79.2 Å². The zero-order valence-corrected chi connectivity index (χ0v) is 25.8. The highest BCUT2D eigenvalue weighted by Crippen LogP contribution is 2.22. The molecular weight excluding hydrogens is 573 g/mol. The number of alkyl halides is 3. The number of nitrogens with one attached hydrogen (secondary N) is 2. The molecule has 2 heterocycles. The maximum Gasteiger partial charge on any atom is 0.471 e. The zero-order chi connectivity index (χ0) is 32.6. The van der Waals surface area contributed by atoms with Crippen molar-refractivity contribution in [3.8, 4) is 0 Å². The third-order valence-corrected chi connectivity index (χ3v) is 6.75. The zero-order valence-electron chi connectivity index (χ0n) is 25.8. The molecule has 0 aromatic heterocycles. The summed E-state index contributed by atoms with van der Waals surface area (Å²) in [6, 6.07) is -1.15. The molecular formula is C29H45F3N4O7. The van der Waals surface area contributed by atoms with Crippen LogP contribution in [0.1, 0.15) is 73.6 Å². The van der Waals surface area contributed by atoms with Crippen LogP contribution in [-0.4, -0.2) is 95.7 Å². The van der Waals surface area contributed by atoms with Crippen molar-refractivity contribution in [2.24, 2.45) is 11.8 Å². The van der Waals surface area contributed by atoms with Gasteiger partial charge in [-0.25, -0.2) is 4.79 Å². The van der Waals surface area contributed by atoms with Gasteiger partial charge in [0.2, 0.25) is 11.8 Å². The van der Waals surface area contributed by atoms with E-state index in [9.17, 15) is 37.1 Å². The van der Waals surface area contributed by atoms with Gasteiger partial charge in [-0.2, -0.15) is 13.2 Å². The number of hydrogen-bond donors (Lipinski definition) is 2. The number of carbonyl (C=O) groups is 5. The molecule has 2 aliphatic rings. The lowest BCUT2D eigenvalue weighted by atomic mass is 9.95. The largest absolute Gasteiger partial charge is 0.471 e. The monoisotopic (exact) mass is 618 g/mol. The number of halogens is 3. The van der Waals surface area contributed by atoms with E-state index in [-0.39, 0.29) is 24.5 Å². The quantitative estimate of drug-likeness (QED) is 0.315. The molecule has 4 amide bonds. The van der Waals surface area contributed by atoms with Gasteiger partial charge in [0, 0.05) is 32.7 Å². The Morgan fingerprint density at radius 3 is 2.05 bits per heavy atom. The summed E-state index contributed by atoms with van der Waals surface area (Å²) in [5.41, 5.74) is -1.43. The molecule has 11 nitrogen and oxygen atoms in total. The van der Waals surface area contributed by atoms with E-state index in [0.717, 1.165) is 0 Å². The Balaban J connectivity index is 1.93. The van der Waals surface area contributed by atoms with Crippen molar-refractivity contribution in [1.29, 1.82) is 0 Å². The number of piperidine rings is 2. The lowest BCUT2D eigenvalue weighted by Gasteiger charge is -2.33. The number of rotatable bonds is 8. The van der Waals surface area contributed by atoms with Crippen molar-refractivity contribution in [3.63, 3.8) is 0 Å². The predicted molar refractivity (Wildman–Crippen MR) is 150 cm³/mol. The molecule has 0 saturated carbocycles. The van der Waals surface area contributed by atoms with E-state index in [1.54, 1.807) is 51.8 Å². The van der Waals surface area contributed by atoms with Crippen LogP contribution < -0.4 is 10.6 Å². The summed E-state index contributed by atoms with van der Waals surface area (Å²) in [6.07, 6.45) is -0.302. The van der Waals surface area contributed by atoms with E-state index < -0.39 is 60.1 Å². The average Bonchev–Trinajstić information content (AvgIpc) is 2.87. The molecule has 2 saturated heterocycles. The Hall–Kier alpha value is -3.32. The fourth-order valence-electron chi connectivity index (χ4n) is 4.71. The van der Waals surface area contributed by atoms with Crippen molar-refractivity contribution >= 4 is 29.8 Å². The molecule has 43 heavy (non-hydrogen) atoms. The summed E-state index contributed by atoms with van der Waals surface area (Å²) in [5, 5.41) is 4.26. The normalized spacial score (nSPS) is 19.5. The molecule has 0 radical (unpaired) electrons. The molecule has 0 spiro atoms. The highest BCUT2D eigenvalue weighted by Gasteiger charge is 2.39. The van der Waals surface area contributed by atoms with Crippen molar-refractivity contribution in [2.75, 3.05) is 32.7 Å². The third-order valence-electron chi connectivity index (χ3n) is 6.75. The first-order chi connectivity index (χ1) is 19.7. The van der Waals surface area contributed by atoms with Crippen LogP contribution >= 0.6 is 0 Å². The Kier molecular flexibility index (Phi) is 12.4. The Labute approximate surface area is 250 Å². The lowest BCUT2D eigenvalue weighted by molar-refractivity contribution is -0.173. The molecule has 244 valence electrons. The maximum absolute atomic E-state index is 13.1. The number of esters is 1. The summed E-state index contributed by atoms with van der Waals surface area (Å²) in [6.45, 7) is 11.2. The molecule has 2 N–H and O–H groups in total. The minimum Gasteiger partial charge on any atom is -0.460 e. The summed E-state index contributed by atoms with van der Waals surface area (Å²) < 4.78 is 48.7. The number of amides is 4. The number of ether oxygens (including phenoxy) is 2. The molecule has 2 fully saturated rings. The fraction of sp³-hybridized carbons (Fsp3) is 0.759. The molecule has 2 atom stereocenters. The molecule has 0 aromatic rings. The molecule has 0 aromatic carbocycles. The van der Waals surface area contributed by atoms with Crippen LogP contribution in [0.2, 0.25) is 0 Å². The number of allylic oxidation sites excluding steroid dienone is 1. The number of likely N-dealkylation sites (tertiary alicyclic amines) is 2. The minimum absolute atomic E-state index is 0.0974. The van der Waals surface area contributed by atoms with E-state index in [1.807, 2.05) is 6.08 Å². The van der Waals surface area contributed by atoms with Gasteiger partial charge in [0.05, 0.1) is 18.4 Å². The lowest BCUT2D eigenvalue weighted by Crippen LogP contribution is -2.51. The topological polar surface area (TPSA) is 134 Å². The highest BCUT2D eigenvalue weighted by molar-refractivity contribution is 5.89. The second-order valence-corrected chi connectivity index (χ2v) is 13.0. The molecule has 14 heteroatoms. The smallest absolute Gasteiger partial charge is 0.460 e. The van der Waals surface area contributed by atoms with Crippen molar-refractivity contribution < 1.29 is 46.6 Å². The summed E-state index contributed by atoms with van der Waals surface area (Å²) in [5.74, 6) is -4.29. The van der Waals surface area contributed by atoms with Crippen LogP contribution in [-0.2, 0) is 28.7 Å². The van der Waals surface area contributed by atoms with E-state index in [2.05, 4.69) is 5.32 Å². The molecule has 0 aliphatic carbocycles. The number of hydrogen-bond acceptors (Lipinski definition) is 7. The first-order valence-electron chi connectivity index (χ1n) is 14.6. The summed E-state index contributed by atoms with van der Waals surface area (Å²) in [7, 11) is 0. The van der Waals surface area contributed by atoms with Gasteiger partial charge in [0.1, 0.15) is 11.2 Å². The standard InChI is InChI=1S/C29H45F3N4O7/c1-27(2,3)42-23(38)16-21(17-33-25(40)29(30,31)32)34-24(39)20-8-7-13-36(18-20)22(37)10-9-19-11-14-35(15-12-19)26(41)43-28(4,5)6/h9-10,19-21H,7-8,11-18H2,1-6H3,(H,33,40)(H,34,39)/b10-9+/t20-,21+/m1/s1. The van der Waals surface area contributed by atoms with Gasteiger partial charge in [0.15, 0.2) is 0 Å². The molecule has 0 bridgehead atoms. The second-order valence-electron chi connectivity index (χ2n) is 13.0. The summed E-state index contributed by atoms with van der Waals surface area (Å²) >= 11 is 0. The van der Waals surface area contributed by atoms with Crippen LogP contribution in [0.5, 0.6) is 0 Å². The predicted octanol–water partition coefficient (Wildman–Crippen LogP) is 3.32. The average molecular weight is 619 g/mol. The first kappa shape index (κ1) is 35.9. The van der Waals surface area contributed by atoms with Crippen LogP contribution in [0, 0.1) is 11.8 Å². The van der Waals surface area contributed by atoms with E-state index in [0.29, 0.717) is 45.3 Å². The fourth-order valence-corrected chi connectivity index (χ4v) is 4.71. The third kappa shape index (κ3) is 13.2. The highest BCUT2D eigenvalue weighted by atomic mass is 19.4. The molecule has 0 unspecified atom stereocenters. The van der Waals surface area contributed by atoms with Gasteiger partial charge in [0.25, 0.3) is 0 Å². The van der Waals surface area contributed by atoms with E-state index in [4.69, 9.17) is 9.47 Å². The molecule has 2 aliphatic heterocycles. The van der Waals surface area contributed by atoms with E-state index in [1.165, 1.54) is 11.0 Å². The first-order valence-corrected chi connectivity index (χ1v) is 14.6. The maximum atomic E-state index is 13.1. The van der Waals surface area contributed by atoms with Gasteiger partial charge in [-0.15, -0.1) is 0 Å². The van der Waals surface area contributed by atoms with Gasteiger partial charge in [-0.3, -0.25) is 19.2 Å². The van der Waals surface area contributed by atoms with Crippen LogP contribution in [0.3, 0.4) is 0 Å². The van der Waals surface area contributed by atoms with Crippen LogP contribution in [0.4, 0.5) is 18.0 Å². The van der Waals surface area contributed by atoms with Crippen molar-refractivity contribution in [2.45, 2.75) is 97.1 Å². The van der Waals surface area contributed by atoms with Gasteiger partial charge >= 0.3 is 24.1 Å². The number of carbonyl (C=O) groups excluding carboxylic acids is 5.